The highest BCUT2D eigenvalue weighted by molar-refractivity contribution is 6.10. The molecule has 1 aliphatic rings. The normalized spacial score (nSPS) is 19.5. The van der Waals surface area contributed by atoms with Gasteiger partial charge in [0.25, 0.3) is 5.91 Å². The molecule has 146 valence electrons. The Bertz CT molecular complexity index is 928. The highest BCUT2D eigenvalue weighted by Crippen LogP contribution is 2.59. The maximum atomic E-state index is 13.0. The summed E-state index contributed by atoms with van der Waals surface area (Å²) >= 11 is 0. The van der Waals surface area contributed by atoms with Gasteiger partial charge in [-0.25, -0.2) is 4.39 Å². The van der Waals surface area contributed by atoms with Crippen molar-refractivity contribution in [3.8, 4) is 0 Å². The second-order valence-corrected chi connectivity index (χ2v) is 8.06. The molecule has 1 aliphatic carbocycles. The standard InChI is InChI=1S/C23H25FN2O2/c1-14(2)13-18-20(23(18,3)4)22(28)26-19-8-6-5-7-17(19)21(27)25-16-11-9-15(24)10-12-16/h5-13,18,20H,1-4H3,(H,25,27)(H,26,28)/t18-,20+/m1/s1. The van der Waals surface area contributed by atoms with E-state index in [0.717, 1.165) is 0 Å². The zero-order chi connectivity index (χ0) is 20.5. The number of rotatable bonds is 5. The summed E-state index contributed by atoms with van der Waals surface area (Å²) in [6, 6.07) is 12.4. The molecule has 4 nitrogen and oxygen atoms in total. The van der Waals surface area contributed by atoms with E-state index in [1.807, 2.05) is 13.8 Å². The predicted molar refractivity (Wildman–Crippen MR) is 110 cm³/mol. The number of hydrogen-bond donors (Lipinski definition) is 2. The van der Waals surface area contributed by atoms with E-state index in [4.69, 9.17) is 0 Å². The fraction of sp³-hybridized carbons (Fsp3) is 0.304. The van der Waals surface area contributed by atoms with Crippen LogP contribution in [-0.2, 0) is 4.79 Å². The summed E-state index contributed by atoms with van der Waals surface area (Å²) in [6.45, 7) is 8.21. The van der Waals surface area contributed by atoms with E-state index in [0.29, 0.717) is 16.9 Å². The highest BCUT2D eigenvalue weighted by atomic mass is 19.1. The largest absolute Gasteiger partial charge is 0.325 e. The number of para-hydroxylation sites is 1. The minimum Gasteiger partial charge on any atom is -0.325 e. The lowest BCUT2D eigenvalue weighted by Gasteiger charge is -2.12. The van der Waals surface area contributed by atoms with Crippen LogP contribution in [0.5, 0.6) is 0 Å². The van der Waals surface area contributed by atoms with Crippen LogP contribution in [0.1, 0.15) is 38.1 Å². The molecule has 2 aromatic rings. The quantitative estimate of drug-likeness (QED) is 0.696. The molecule has 2 atom stereocenters. The van der Waals surface area contributed by atoms with Gasteiger partial charge in [0.05, 0.1) is 17.2 Å². The van der Waals surface area contributed by atoms with Crippen molar-refractivity contribution < 1.29 is 14.0 Å². The zero-order valence-corrected chi connectivity index (χ0v) is 16.5. The summed E-state index contributed by atoms with van der Waals surface area (Å²) in [5.74, 6) is -0.759. The number of amides is 2. The number of halogens is 1. The van der Waals surface area contributed by atoms with Crippen molar-refractivity contribution in [3.63, 3.8) is 0 Å². The minimum absolute atomic E-state index is 0.0884. The van der Waals surface area contributed by atoms with Crippen molar-refractivity contribution in [2.75, 3.05) is 10.6 Å². The second-order valence-electron chi connectivity index (χ2n) is 8.06. The van der Waals surface area contributed by atoms with E-state index < -0.39 is 0 Å². The molecule has 2 N–H and O–H groups in total. The molecule has 0 unspecified atom stereocenters. The molecule has 0 spiro atoms. The summed E-state index contributed by atoms with van der Waals surface area (Å²) < 4.78 is 13.0. The molecule has 2 amide bonds. The molecular weight excluding hydrogens is 355 g/mol. The number of hydrogen-bond acceptors (Lipinski definition) is 2. The van der Waals surface area contributed by atoms with Crippen molar-refractivity contribution >= 4 is 23.2 Å². The molecule has 0 heterocycles. The first-order valence-corrected chi connectivity index (χ1v) is 9.32. The van der Waals surface area contributed by atoms with Crippen molar-refractivity contribution in [3.05, 3.63) is 71.6 Å². The van der Waals surface area contributed by atoms with Gasteiger partial charge in [-0.1, -0.05) is 37.6 Å². The Kier molecular flexibility index (Phi) is 5.36. The van der Waals surface area contributed by atoms with Crippen molar-refractivity contribution in [1.82, 2.24) is 0 Å². The second kappa shape index (κ2) is 7.58. The van der Waals surface area contributed by atoms with E-state index in [1.54, 1.807) is 24.3 Å². The maximum absolute atomic E-state index is 13.0. The van der Waals surface area contributed by atoms with Crippen LogP contribution >= 0.6 is 0 Å². The minimum atomic E-state index is -0.372. The predicted octanol–water partition coefficient (Wildman–Crippen LogP) is 5.25. The van der Waals surface area contributed by atoms with E-state index in [1.165, 1.54) is 29.8 Å². The van der Waals surface area contributed by atoms with Gasteiger partial charge in [0.2, 0.25) is 5.91 Å². The van der Waals surface area contributed by atoms with Crippen LogP contribution in [0.2, 0.25) is 0 Å². The van der Waals surface area contributed by atoms with Crippen molar-refractivity contribution in [1.29, 1.82) is 0 Å². The van der Waals surface area contributed by atoms with Crippen molar-refractivity contribution in [2.24, 2.45) is 17.3 Å². The number of anilines is 2. The molecule has 2 aromatic carbocycles. The first-order chi connectivity index (χ1) is 13.2. The number of carbonyl (C=O) groups excluding carboxylic acids is 2. The molecule has 1 saturated carbocycles. The van der Waals surface area contributed by atoms with Gasteiger partial charge in [-0.2, -0.15) is 0 Å². The van der Waals surface area contributed by atoms with E-state index >= 15 is 0 Å². The summed E-state index contributed by atoms with van der Waals surface area (Å²) in [5.41, 5.74) is 2.39. The Morgan fingerprint density at radius 1 is 1.00 bits per heavy atom. The summed E-state index contributed by atoms with van der Waals surface area (Å²) in [4.78, 5) is 25.5. The topological polar surface area (TPSA) is 58.2 Å². The van der Waals surface area contributed by atoms with E-state index in [9.17, 15) is 14.0 Å². The fourth-order valence-corrected chi connectivity index (χ4v) is 3.58. The lowest BCUT2D eigenvalue weighted by molar-refractivity contribution is -0.118. The maximum Gasteiger partial charge on any atom is 0.257 e. The van der Waals surface area contributed by atoms with Crippen LogP contribution in [0.15, 0.2) is 60.2 Å². The molecule has 28 heavy (non-hydrogen) atoms. The van der Waals surface area contributed by atoms with Gasteiger partial charge >= 0.3 is 0 Å². The Morgan fingerprint density at radius 2 is 1.64 bits per heavy atom. The van der Waals surface area contributed by atoms with Crippen LogP contribution in [0.4, 0.5) is 15.8 Å². The average molecular weight is 380 g/mol. The molecular formula is C23H25FN2O2. The van der Waals surface area contributed by atoms with Gasteiger partial charge in [0.15, 0.2) is 0 Å². The summed E-state index contributed by atoms with van der Waals surface area (Å²) in [6.07, 6.45) is 2.14. The number of carbonyl (C=O) groups is 2. The van der Waals surface area contributed by atoms with Crippen molar-refractivity contribution in [2.45, 2.75) is 27.7 Å². The van der Waals surface area contributed by atoms with Crippen LogP contribution < -0.4 is 10.6 Å². The highest BCUT2D eigenvalue weighted by Gasteiger charge is 2.60. The number of nitrogens with one attached hydrogen (secondary N) is 2. The monoisotopic (exact) mass is 380 g/mol. The van der Waals surface area contributed by atoms with E-state index in [2.05, 4.69) is 30.6 Å². The Morgan fingerprint density at radius 3 is 2.29 bits per heavy atom. The van der Waals surface area contributed by atoms with Gasteiger partial charge < -0.3 is 10.6 Å². The molecule has 0 saturated heterocycles. The first kappa shape index (κ1) is 19.8. The van der Waals surface area contributed by atoms with Gasteiger partial charge in [-0.3, -0.25) is 9.59 Å². The van der Waals surface area contributed by atoms with Gasteiger partial charge in [0, 0.05) is 5.69 Å². The Hall–Kier alpha value is -2.95. The molecule has 0 radical (unpaired) electrons. The third kappa shape index (κ3) is 4.14. The Balaban J connectivity index is 1.75. The van der Waals surface area contributed by atoms with E-state index in [-0.39, 0.29) is 34.9 Å². The molecule has 5 heteroatoms. The van der Waals surface area contributed by atoms with Gasteiger partial charge in [0.1, 0.15) is 5.82 Å². The molecule has 3 rings (SSSR count). The van der Waals surface area contributed by atoms with Crippen LogP contribution in [0.25, 0.3) is 0 Å². The third-order valence-electron chi connectivity index (χ3n) is 5.24. The smallest absolute Gasteiger partial charge is 0.257 e. The van der Waals surface area contributed by atoms with Crippen LogP contribution in [0, 0.1) is 23.1 Å². The molecule has 0 bridgehead atoms. The number of benzene rings is 2. The SMILES string of the molecule is CC(C)=C[C@@H]1[C@@H](C(=O)Nc2ccccc2C(=O)Nc2ccc(F)cc2)C1(C)C. The molecule has 1 fully saturated rings. The Labute approximate surface area is 164 Å². The lowest BCUT2D eigenvalue weighted by atomic mass is 10.1. The molecule has 0 aromatic heterocycles. The van der Waals surface area contributed by atoms with Gasteiger partial charge in [-0.05, 0) is 61.6 Å². The summed E-state index contributed by atoms with van der Waals surface area (Å²) in [5, 5.41) is 5.65. The average Bonchev–Trinajstić information content (AvgIpc) is 3.16. The fourth-order valence-electron chi connectivity index (χ4n) is 3.58. The summed E-state index contributed by atoms with van der Waals surface area (Å²) in [7, 11) is 0. The molecule has 0 aliphatic heterocycles. The lowest BCUT2D eigenvalue weighted by Crippen LogP contribution is -2.20. The van der Waals surface area contributed by atoms with Gasteiger partial charge in [-0.15, -0.1) is 0 Å². The van der Waals surface area contributed by atoms with Crippen LogP contribution in [-0.4, -0.2) is 11.8 Å². The van der Waals surface area contributed by atoms with Crippen LogP contribution in [0.3, 0.4) is 0 Å². The third-order valence-corrected chi connectivity index (χ3v) is 5.24. The first-order valence-electron chi connectivity index (χ1n) is 9.32. The zero-order valence-electron chi connectivity index (χ0n) is 16.5. The number of allylic oxidation sites excluding steroid dienone is 2.